The number of rotatable bonds is 10. The lowest BCUT2D eigenvalue weighted by molar-refractivity contribution is -0.0592. The van der Waals surface area contributed by atoms with E-state index in [0.29, 0.717) is 24.9 Å². The maximum atomic E-state index is 11.6. The lowest BCUT2D eigenvalue weighted by Gasteiger charge is -2.32. The molecular weight excluding hydrogens is 600 g/mol. The minimum Gasteiger partial charge on any atom is -0.496 e. The van der Waals surface area contributed by atoms with Crippen LogP contribution in [0.2, 0.25) is 0 Å². The van der Waals surface area contributed by atoms with Gasteiger partial charge in [-0.15, -0.1) is 0 Å². The van der Waals surface area contributed by atoms with Crippen LogP contribution in [0.3, 0.4) is 0 Å². The fourth-order valence-electron chi connectivity index (χ4n) is 6.50. The summed E-state index contributed by atoms with van der Waals surface area (Å²) in [6.07, 6.45) is 3.31. The van der Waals surface area contributed by atoms with Gasteiger partial charge in [0.15, 0.2) is 0 Å². The number of hydrogen-bond acceptors (Lipinski definition) is 7. The van der Waals surface area contributed by atoms with Gasteiger partial charge in [0, 0.05) is 34.7 Å². The SMILES string of the molecule is COc1cc(Br)ccc1COc1cccc(C23CCN(Cc4nc5ccc(C(=O)O)cc5n4C[C@@H]4CCO4)CC2C3)n1. The van der Waals surface area contributed by atoms with Crippen molar-refractivity contribution in [3.8, 4) is 11.6 Å². The largest absolute Gasteiger partial charge is 0.496 e. The van der Waals surface area contributed by atoms with Crippen LogP contribution in [-0.2, 0) is 29.8 Å². The third-order valence-corrected chi connectivity index (χ3v) is 9.56. The first-order chi connectivity index (χ1) is 20.4. The van der Waals surface area contributed by atoms with Crippen LogP contribution < -0.4 is 9.47 Å². The van der Waals surface area contributed by atoms with E-state index in [2.05, 4.69) is 31.5 Å². The first kappa shape index (κ1) is 27.4. The van der Waals surface area contributed by atoms with Crippen molar-refractivity contribution in [2.45, 2.75) is 50.5 Å². The number of imidazole rings is 1. The van der Waals surface area contributed by atoms with Crippen LogP contribution in [0.15, 0.2) is 59.1 Å². The number of carboxylic acid groups (broad SMARTS) is 1. The smallest absolute Gasteiger partial charge is 0.335 e. The molecule has 2 aromatic carbocycles. The Hall–Kier alpha value is -3.47. The summed E-state index contributed by atoms with van der Waals surface area (Å²) in [6.45, 7) is 4.51. The number of methoxy groups -OCH3 is 1. The Morgan fingerprint density at radius 2 is 2.07 bits per heavy atom. The first-order valence-electron chi connectivity index (χ1n) is 14.4. The number of fused-ring (bicyclic) bond motifs is 2. The molecule has 42 heavy (non-hydrogen) atoms. The van der Waals surface area contributed by atoms with E-state index in [9.17, 15) is 9.90 Å². The number of ether oxygens (including phenoxy) is 3. The normalized spacial score (nSPS) is 23.3. The van der Waals surface area contributed by atoms with Gasteiger partial charge in [0.1, 0.15) is 18.2 Å². The topological polar surface area (TPSA) is 98.9 Å². The first-order valence-corrected chi connectivity index (χ1v) is 15.2. The zero-order valence-corrected chi connectivity index (χ0v) is 25.0. The Morgan fingerprint density at radius 3 is 2.83 bits per heavy atom. The summed E-state index contributed by atoms with van der Waals surface area (Å²) in [5.41, 5.74) is 4.15. The number of benzene rings is 2. The summed E-state index contributed by atoms with van der Waals surface area (Å²) in [5, 5.41) is 9.54. The van der Waals surface area contributed by atoms with E-state index in [0.717, 1.165) is 83.8 Å². The molecule has 7 rings (SSSR count). The van der Waals surface area contributed by atoms with Gasteiger partial charge >= 0.3 is 5.97 Å². The molecule has 0 radical (unpaired) electrons. The van der Waals surface area contributed by atoms with Crippen LogP contribution in [-0.4, -0.2) is 63.4 Å². The molecule has 4 aromatic rings. The average molecular weight is 634 g/mol. The van der Waals surface area contributed by atoms with Gasteiger partial charge in [-0.25, -0.2) is 14.8 Å². The van der Waals surface area contributed by atoms with Crippen LogP contribution >= 0.6 is 15.9 Å². The molecule has 0 amide bonds. The molecule has 4 heterocycles. The highest BCUT2D eigenvalue weighted by atomic mass is 79.9. The van der Waals surface area contributed by atoms with Crippen molar-refractivity contribution in [3.63, 3.8) is 0 Å². The zero-order valence-electron chi connectivity index (χ0n) is 23.5. The lowest BCUT2D eigenvalue weighted by atomic mass is 9.91. The van der Waals surface area contributed by atoms with Gasteiger partial charge in [0.2, 0.25) is 5.88 Å². The molecule has 2 unspecified atom stereocenters. The predicted molar refractivity (Wildman–Crippen MR) is 160 cm³/mol. The second-order valence-corrected chi connectivity index (χ2v) is 12.5. The van der Waals surface area contributed by atoms with Gasteiger partial charge in [-0.1, -0.05) is 28.1 Å². The minimum atomic E-state index is -0.927. The molecule has 0 bridgehead atoms. The van der Waals surface area contributed by atoms with Gasteiger partial charge in [0.25, 0.3) is 0 Å². The molecule has 3 aliphatic rings. The van der Waals surface area contributed by atoms with Gasteiger partial charge in [-0.2, -0.15) is 0 Å². The second-order valence-electron chi connectivity index (χ2n) is 11.6. The van der Waals surface area contributed by atoms with E-state index in [1.807, 2.05) is 36.4 Å². The van der Waals surface area contributed by atoms with Crippen LogP contribution in [0.1, 0.15) is 46.7 Å². The summed E-state index contributed by atoms with van der Waals surface area (Å²) in [7, 11) is 1.66. The van der Waals surface area contributed by atoms with Gasteiger partial charge in [-0.3, -0.25) is 4.90 Å². The van der Waals surface area contributed by atoms with E-state index in [1.165, 1.54) is 0 Å². The molecule has 218 valence electrons. The Bertz CT molecular complexity index is 1650. The number of aromatic carboxylic acids is 1. The number of piperidine rings is 1. The van der Waals surface area contributed by atoms with Crippen molar-refractivity contribution in [3.05, 3.63) is 81.7 Å². The van der Waals surface area contributed by atoms with Crippen molar-refractivity contribution in [2.75, 3.05) is 26.8 Å². The van der Waals surface area contributed by atoms with E-state index in [1.54, 1.807) is 19.2 Å². The molecule has 0 spiro atoms. The fraction of sp³-hybridized carbons (Fsp3) is 0.406. The molecule has 1 saturated carbocycles. The number of halogens is 1. The van der Waals surface area contributed by atoms with E-state index in [-0.39, 0.29) is 17.1 Å². The van der Waals surface area contributed by atoms with Gasteiger partial charge in [-0.05, 0) is 68.1 Å². The van der Waals surface area contributed by atoms with Crippen LogP contribution in [0.25, 0.3) is 11.0 Å². The highest BCUT2D eigenvalue weighted by Crippen LogP contribution is 2.59. The van der Waals surface area contributed by atoms with E-state index >= 15 is 0 Å². The third kappa shape index (κ3) is 5.16. The number of likely N-dealkylation sites (tertiary alicyclic amines) is 1. The second kappa shape index (κ2) is 11.0. The van der Waals surface area contributed by atoms with Crippen molar-refractivity contribution < 1.29 is 24.1 Å². The molecule has 2 aromatic heterocycles. The zero-order chi connectivity index (χ0) is 28.8. The molecule has 2 aliphatic heterocycles. The summed E-state index contributed by atoms with van der Waals surface area (Å²) in [6, 6.07) is 17.2. The fourth-order valence-corrected chi connectivity index (χ4v) is 6.84. The molecular formula is C32H33BrN4O5. The number of aromatic nitrogens is 3. The van der Waals surface area contributed by atoms with Crippen molar-refractivity contribution in [1.29, 1.82) is 0 Å². The number of hydrogen-bond donors (Lipinski definition) is 1. The molecule has 3 atom stereocenters. The molecule has 9 nitrogen and oxygen atoms in total. The maximum Gasteiger partial charge on any atom is 0.335 e. The highest BCUT2D eigenvalue weighted by molar-refractivity contribution is 9.10. The van der Waals surface area contributed by atoms with E-state index < -0.39 is 5.97 Å². The van der Waals surface area contributed by atoms with Crippen LogP contribution in [0, 0.1) is 5.92 Å². The molecule has 1 N–H and O–H groups in total. The van der Waals surface area contributed by atoms with Crippen molar-refractivity contribution in [1.82, 2.24) is 19.4 Å². The van der Waals surface area contributed by atoms with Crippen molar-refractivity contribution >= 4 is 32.9 Å². The molecule has 3 fully saturated rings. The Labute approximate surface area is 252 Å². The van der Waals surface area contributed by atoms with E-state index in [4.69, 9.17) is 24.2 Å². The monoisotopic (exact) mass is 632 g/mol. The third-order valence-electron chi connectivity index (χ3n) is 9.06. The maximum absolute atomic E-state index is 11.6. The molecule has 2 saturated heterocycles. The van der Waals surface area contributed by atoms with Crippen molar-refractivity contribution in [2.24, 2.45) is 5.92 Å². The van der Waals surface area contributed by atoms with Gasteiger partial charge in [0.05, 0.1) is 48.6 Å². The Kier molecular flexibility index (Phi) is 7.16. The quantitative estimate of drug-likeness (QED) is 0.247. The summed E-state index contributed by atoms with van der Waals surface area (Å²) in [4.78, 5) is 24.0. The predicted octanol–water partition coefficient (Wildman–Crippen LogP) is 5.43. The number of nitrogens with zero attached hydrogens (tertiary/aromatic N) is 4. The lowest BCUT2D eigenvalue weighted by Crippen LogP contribution is -2.37. The van der Waals surface area contributed by atoms with Crippen LogP contribution in [0.5, 0.6) is 11.6 Å². The molecule has 1 aliphatic carbocycles. The highest BCUT2D eigenvalue weighted by Gasteiger charge is 2.58. The number of carbonyl (C=O) groups is 1. The summed E-state index contributed by atoms with van der Waals surface area (Å²) in [5.74, 6) is 1.99. The summed E-state index contributed by atoms with van der Waals surface area (Å²) < 4.78 is 20.5. The standard InChI is InChI=1S/C32H33BrN4O5/c1-40-27-14-23(33)7-5-21(27)19-42-30-4-2-3-28(35-30)32-10-11-36(16-22(32)15-32)18-29-34-25-8-6-20(31(38)39)13-26(25)37(29)17-24-9-12-41-24/h2-8,13-14,22,24H,9-12,15-19H2,1H3,(H,38,39)/t22?,24-,32?/m0/s1. The van der Waals surface area contributed by atoms with Crippen LogP contribution in [0.4, 0.5) is 0 Å². The Morgan fingerprint density at radius 1 is 1.19 bits per heavy atom. The Balaban J connectivity index is 1.04. The number of carboxylic acids is 1. The minimum absolute atomic E-state index is 0.0987. The molecule has 10 heteroatoms. The van der Waals surface area contributed by atoms with Gasteiger partial charge < -0.3 is 23.9 Å². The number of pyridine rings is 1. The average Bonchev–Trinajstić information content (AvgIpc) is 3.62. The summed E-state index contributed by atoms with van der Waals surface area (Å²) >= 11 is 3.49.